The first-order chi connectivity index (χ1) is 20.7. The molecule has 0 aromatic carbocycles. The van der Waals surface area contributed by atoms with Gasteiger partial charge in [-0.05, 0) is 6.42 Å². The van der Waals surface area contributed by atoms with E-state index in [-0.39, 0.29) is 90.7 Å². The molecule has 248 valence electrons. The summed E-state index contributed by atoms with van der Waals surface area (Å²) in [6.07, 6.45) is -0.729. The van der Waals surface area contributed by atoms with Gasteiger partial charge in [0.25, 0.3) is 0 Å². The molecule has 0 saturated carbocycles. The van der Waals surface area contributed by atoms with Gasteiger partial charge in [-0.15, -0.1) is 0 Å². The summed E-state index contributed by atoms with van der Waals surface area (Å²) in [6, 6.07) is 0. The molecule has 3 amide bonds. The van der Waals surface area contributed by atoms with Crippen LogP contribution in [0.5, 0.6) is 0 Å². The average Bonchev–Trinajstić information content (AvgIpc) is 2.93. The maximum Gasteiger partial charge on any atom is 0.234 e. The maximum atomic E-state index is 12.5. The highest BCUT2D eigenvalue weighted by Gasteiger charge is 2.21. The van der Waals surface area contributed by atoms with Crippen LogP contribution in [0.4, 0.5) is 0 Å². The number of hydrogen-bond donors (Lipinski definition) is 3. The van der Waals surface area contributed by atoms with Crippen LogP contribution in [0.25, 0.3) is 0 Å². The number of ketones is 1. The summed E-state index contributed by atoms with van der Waals surface area (Å²) < 4.78 is 0. The van der Waals surface area contributed by atoms with Crippen LogP contribution in [-0.4, -0.2) is 165 Å². The van der Waals surface area contributed by atoms with E-state index in [2.05, 4.69) is 16.0 Å². The first-order valence-electron chi connectivity index (χ1n) is 13.7. The predicted molar refractivity (Wildman–Crippen MR) is 139 cm³/mol. The summed E-state index contributed by atoms with van der Waals surface area (Å²) in [7, 11) is 0. The second-order valence-electron chi connectivity index (χ2n) is 9.96. The van der Waals surface area contributed by atoms with Crippen molar-refractivity contribution in [3.63, 3.8) is 0 Å². The van der Waals surface area contributed by atoms with Gasteiger partial charge >= 0.3 is 0 Å². The first kappa shape index (κ1) is 37.8. The molecule has 19 nitrogen and oxygen atoms in total. The molecule has 0 atom stereocenters. The van der Waals surface area contributed by atoms with Crippen LogP contribution in [0.2, 0.25) is 0 Å². The Morgan fingerprint density at radius 1 is 0.409 bits per heavy atom. The van der Waals surface area contributed by atoms with E-state index in [1.54, 1.807) is 19.6 Å². The monoisotopic (exact) mass is 627 g/mol. The van der Waals surface area contributed by atoms with E-state index in [0.29, 0.717) is 0 Å². The number of carboxylic acids is 4. The van der Waals surface area contributed by atoms with Crippen LogP contribution < -0.4 is 36.4 Å². The summed E-state index contributed by atoms with van der Waals surface area (Å²) in [5.41, 5.74) is 0. The SMILES string of the molecule is O=C([O-])CCC(=O)CN1CCN(CC(=O)NCC(=O)[O-])CCN(CC(=O)NCC(=O)[O-])CCN(CC(=O)NCC(=O)[O-])CC1. The number of aliphatic carboxylic acids is 4. The van der Waals surface area contributed by atoms with Gasteiger partial charge in [-0.25, -0.2) is 0 Å². The smallest absolute Gasteiger partial charge is 0.234 e. The lowest BCUT2D eigenvalue weighted by molar-refractivity contribution is -0.306. The number of rotatable bonds is 17. The number of amides is 3. The number of nitrogens with one attached hydrogen (secondary N) is 3. The zero-order chi connectivity index (χ0) is 33.1. The normalized spacial score (nSPS) is 16.1. The molecule has 3 N–H and O–H groups in total. The van der Waals surface area contributed by atoms with Gasteiger partial charge in [-0.2, -0.15) is 0 Å². The molecule has 0 aromatic heterocycles. The first-order valence-corrected chi connectivity index (χ1v) is 13.7. The van der Waals surface area contributed by atoms with Crippen molar-refractivity contribution < 1.29 is 58.8 Å². The molecule has 0 unspecified atom stereocenters. The van der Waals surface area contributed by atoms with E-state index in [1.165, 1.54) is 0 Å². The highest BCUT2D eigenvalue weighted by molar-refractivity contribution is 5.84. The minimum Gasteiger partial charge on any atom is -0.550 e. The molecule has 0 aromatic rings. The average molecular weight is 628 g/mol. The Labute approximate surface area is 253 Å². The molecule has 0 spiro atoms. The fraction of sp³-hybridized carbons (Fsp3) is 0.680. The summed E-state index contributed by atoms with van der Waals surface area (Å²) in [6.45, 7) is -1.55. The van der Waals surface area contributed by atoms with E-state index < -0.39 is 67.7 Å². The molecule has 1 fully saturated rings. The van der Waals surface area contributed by atoms with Crippen molar-refractivity contribution in [3.8, 4) is 0 Å². The Balaban J connectivity index is 3.13. The third-order valence-corrected chi connectivity index (χ3v) is 6.33. The van der Waals surface area contributed by atoms with Gasteiger partial charge in [0.05, 0.1) is 63.7 Å². The second-order valence-corrected chi connectivity index (χ2v) is 9.96. The topological polar surface area (TPSA) is 278 Å². The van der Waals surface area contributed by atoms with Gasteiger partial charge < -0.3 is 55.6 Å². The lowest BCUT2D eigenvalue weighted by Crippen LogP contribution is -2.52. The van der Waals surface area contributed by atoms with Crippen molar-refractivity contribution in [1.82, 2.24) is 35.6 Å². The van der Waals surface area contributed by atoms with Crippen LogP contribution in [0.1, 0.15) is 12.8 Å². The lowest BCUT2D eigenvalue weighted by Gasteiger charge is -2.33. The third kappa shape index (κ3) is 19.1. The van der Waals surface area contributed by atoms with E-state index >= 15 is 0 Å². The molecule has 1 aliphatic rings. The number of carboxylic acid groups (broad SMARTS) is 4. The largest absolute Gasteiger partial charge is 0.550 e. The molecule has 44 heavy (non-hydrogen) atoms. The minimum atomic E-state index is -1.49. The molecule has 1 aliphatic heterocycles. The van der Waals surface area contributed by atoms with E-state index in [1.807, 2.05) is 0 Å². The van der Waals surface area contributed by atoms with Gasteiger partial charge in [0.2, 0.25) is 17.7 Å². The maximum absolute atomic E-state index is 12.5. The van der Waals surface area contributed by atoms with Crippen molar-refractivity contribution in [2.75, 3.05) is 98.2 Å². The number of carbonyl (C=O) groups is 8. The molecule has 0 bridgehead atoms. The second kappa shape index (κ2) is 20.7. The summed E-state index contributed by atoms with van der Waals surface area (Å²) in [4.78, 5) is 99.1. The van der Waals surface area contributed by atoms with E-state index in [9.17, 15) is 58.8 Å². The molecule has 1 saturated heterocycles. The van der Waals surface area contributed by atoms with Crippen molar-refractivity contribution in [2.45, 2.75) is 12.8 Å². The van der Waals surface area contributed by atoms with Crippen molar-refractivity contribution in [2.24, 2.45) is 0 Å². The minimum absolute atomic E-state index is 0.145. The van der Waals surface area contributed by atoms with Crippen LogP contribution in [-0.2, 0) is 38.4 Å². The molecule has 1 heterocycles. The van der Waals surface area contributed by atoms with Gasteiger partial charge in [0.15, 0.2) is 0 Å². The van der Waals surface area contributed by atoms with Crippen molar-refractivity contribution >= 4 is 47.4 Å². The van der Waals surface area contributed by atoms with Crippen LogP contribution in [0.3, 0.4) is 0 Å². The summed E-state index contributed by atoms with van der Waals surface area (Å²) in [5.74, 6) is -8.09. The molecular formula is C25H37N7O12-4. The zero-order valence-corrected chi connectivity index (χ0v) is 24.2. The van der Waals surface area contributed by atoms with Gasteiger partial charge in [-0.3, -0.25) is 38.8 Å². The van der Waals surface area contributed by atoms with E-state index in [0.717, 1.165) is 0 Å². The number of nitrogens with zero attached hydrogens (tertiary/aromatic N) is 4. The summed E-state index contributed by atoms with van der Waals surface area (Å²) >= 11 is 0. The Kier molecular flexibility index (Phi) is 17.8. The number of carbonyl (C=O) groups excluding carboxylic acids is 8. The third-order valence-electron chi connectivity index (χ3n) is 6.33. The molecule has 19 heteroatoms. The quantitative estimate of drug-likeness (QED) is 0.135. The van der Waals surface area contributed by atoms with E-state index in [4.69, 9.17) is 0 Å². The standard InChI is InChI=1S/C25H41N7O12/c33-18(1-2-22(37)38)14-29-3-5-30(15-19(34)26-11-23(39)40)7-9-32(17-21(36)28-13-25(43)44)10-8-31(6-4-29)16-20(35)27-12-24(41)42/h1-17H2,(H,26,34)(H,27,35)(H,28,36)(H,37,38)(H,39,40)(H,41,42)(H,43,44)/p-4. The van der Waals surface area contributed by atoms with Crippen LogP contribution >= 0.6 is 0 Å². The van der Waals surface area contributed by atoms with Gasteiger partial charge in [0.1, 0.15) is 5.78 Å². The molecule has 1 rings (SSSR count). The van der Waals surface area contributed by atoms with Crippen molar-refractivity contribution in [3.05, 3.63) is 0 Å². The Morgan fingerprint density at radius 3 is 0.932 bits per heavy atom. The van der Waals surface area contributed by atoms with Gasteiger partial charge in [0, 0.05) is 64.7 Å². The highest BCUT2D eigenvalue weighted by Crippen LogP contribution is 2.03. The fourth-order valence-corrected chi connectivity index (χ4v) is 4.07. The predicted octanol–water partition coefficient (Wildman–Crippen LogP) is -10.1. The Morgan fingerprint density at radius 2 is 0.682 bits per heavy atom. The fourth-order valence-electron chi connectivity index (χ4n) is 4.07. The number of Topliss-reactive ketones (excluding diaryl/α,β-unsaturated/α-hetero) is 1. The van der Waals surface area contributed by atoms with Crippen molar-refractivity contribution in [1.29, 1.82) is 0 Å². The van der Waals surface area contributed by atoms with Crippen LogP contribution in [0, 0.1) is 0 Å². The Bertz CT molecular complexity index is 865. The molecule has 0 aliphatic carbocycles. The zero-order valence-electron chi connectivity index (χ0n) is 24.2. The molecular weight excluding hydrogens is 590 g/mol. The lowest BCUT2D eigenvalue weighted by atomic mass is 10.2. The number of hydrogen-bond acceptors (Lipinski definition) is 16. The molecule has 0 radical (unpaired) electrons. The summed E-state index contributed by atoms with van der Waals surface area (Å²) in [5, 5.41) is 49.6. The van der Waals surface area contributed by atoms with Crippen LogP contribution in [0.15, 0.2) is 0 Å². The highest BCUT2D eigenvalue weighted by atomic mass is 16.4. The van der Waals surface area contributed by atoms with Gasteiger partial charge in [-0.1, -0.05) is 0 Å². The Hall–Kier alpha value is -4.20.